The van der Waals surface area contributed by atoms with Crippen LogP contribution in [0.5, 0.6) is 5.75 Å². The van der Waals surface area contributed by atoms with Gasteiger partial charge in [-0.05, 0) is 18.6 Å². The molecule has 0 radical (unpaired) electrons. The van der Waals surface area contributed by atoms with Gasteiger partial charge in [0.15, 0.2) is 0 Å². The van der Waals surface area contributed by atoms with Gasteiger partial charge in [-0.2, -0.15) is 0 Å². The first kappa shape index (κ1) is 17.3. The molecule has 1 aromatic rings. The third kappa shape index (κ3) is 7.16. The zero-order valence-electron chi connectivity index (χ0n) is 12.7. The van der Waals surface area contributed by atoms with E-state index in [4.69, 9.17) is 22.1 Å². The minimum atomic E-state index is 0.490. The maximum Gasteiger partial charge on any atom is 0.125 e. The topological polar surface area (TPSA) is 35.2 Å². The summed E-state index contributed by atoms with van der Waals surface area (Å²) in [5.74, 6) is 0.836. The molecular weight excluding hydrogens is 270 g/mol. The maximum absolute atomic E-state index is 5.98. The molecule has 0 fully saturated rings. The first-order valence-corrected chi connectivity index (χ1v) is 8.27. The largest absolute Gasteiger partial charge is 0.493 e. The summed E-state index contributed by atoms with van der Waals surface area (Å²) < 4.78 is 5.79. The van der Waals surface area contributed by atoms with Gasteiger partial charge in [-0.1, -0.05) is 69.5 Å². The molecule has 0 amide bonds. The Hall–Kier alpha value is -0.730. The third-order valence-electron chi connectivity index (χ3n) is 3.50. The SMILES string of the molecule is CCCCCCCCCCOc1cc(Cl)ccc1CN. The van der Waals surface area contributed by atoms with Crippen molar-refractivity contribution >= 4 is 11.6 Å². The van der Waals surface area contributed by atoms with Crippen LogP contribution in [0.15, 0.2) is 18.2 Å². The first-order chi connectivity index (χ1) is 9.77. The van der Waals surface area contributed by atoms with E-state index in [2.05, 4.69) is 6.92 Å². The van der Waals surface area contributed by atoms with Crippen LogP contribution in [0.25, 0.3) is 0 Å². The molecule has 3 heteroatoms. The van der Waals surface area contributed by atoms with Crippen LogP contribution in [0.1, 0.15) is 63.9 Å². The van der Waals surface area contributed by atoms with Gasteiger partial charge < -0.3 is 10.5 Å². The molecule has 0 aliphatic heterocycles. The molecule has 20 heavy (non-hydrogen) atoms. The molecular formula is C17H28ClNO. The predicted octanol–water partition coefficient (Wildman–Crippen LogP) is 5.32. The van der Waals surface area contributed by atoms with Gasteiger partial charge >= 0.3 is 0 Å². The van der Waals surface area contributed by atoms with Crippen LogP contribution >= 0.6 is 11.6 Å². The van der Waals surface area contributed by atoms with E-state index in [1.165, 1.54) is 44.9 Å². The van der Waals surface area contributed by atoms with E-state index in [9.17, 15) is 0 Å². The van der Waals surface area contributed by atoms with Crippen LogP contribution in [0, 0.1) is 0 Å². The Morgan fingerprint density at radius 1 is 1.00 bits per heavy atom. The molecule has 0 saturated heterocycles. The molecule has 0 aliphatic carbocycles. The second kappa shape index (κ2) is 11.0. The minimum Gasteiger partial charge on any atom is -0.493 e. The highest BCUT2D eigenvalue weighted by Gasteiger charge is 2.03. The monoisotopic (exact) mass is 297 g/mol. The lowest BCUT2D eigenvalue weighted by Crippen LogP contribution is -2.03. The van der Waals surface area contributed by atoms with Crippen LogP contribution in [0.2, 0.25) is 5.02 Å². The highest BCUT2D eigenvalue weighted by Crippen LogP contribution is 2.23. The van der Waals surface area contributed by atoms with E-state index in [-0.39, 0.29) is 0 Å². The average Bonchev–Trinajstić information content (AvgIpc) is 2.46. The molecule has 114 valence electrons. The molecule has 1 aromatic carbocycles. The zero-order chi connectivity index (χ0) is 14.6. The fraction of sp³-hybridized carbons (Fsp3) is 0.647. The average molecular weight is 298 g/mol. The molecule has 1 rings (SSSR count). The Morgan fingerprint density at radius 2 is 1.65 bits per heavy atom. The summed E-state index contributed by atoms with van der Waals surface area (Å²) in [4.78, 5) is 0. The summed E-state index contributed by atoms with van der Waals surface area (Å²) in [6, 6.07) is 5.65. The van der Waals surface area contributed by atoms with Crippen molar-refractivity contribution in [3.05, 3.63) is 28.8 Å². The molecule has 0 heterocycles. The Morgan fingerprint density at radius 3 is 2.30 bits per heavy atom. The van der Waals surface area contributed by atoms with E-state index in [0.29, 0.717) is 11.6 Å². The number of rotatable bonds is 11. The van der Waals surface area contributed by atoms with Gasteiger partial charge in [0, 0.05) is 17.1 Å². The summed E-state index contributed by atoms with van der Waals surface area (Å²) in [6.07, 6.45) is 10.5. The van der Waals surface area contributed by atoms with Crippen LogP contribution in [0.4, 0.5) is 0 Å². The van der Waals surface area contributed by atoms with Gasteiger partial charge in [0.1, 0.15) is 5.75 Å². The molecule has 0 atom stereocenters. The maximum atomic E-state index is 5.98. The fourth-order valence-electron chi connectivity index (χ4n) is 2.25. The number of benzene rings is 1. The Kier molecular flexibility index (Phi) is 9.52. The van der Waals surface area contributed by atoms with Gasteiger partial charge in [0.25, 0.3) is 0 Å². The third-order valence-corrected chi connectivity index (χ3v) is 3.74. The van der Waals surface area contributed by atoms with Gasteiger partial charge in [-0.3, -0.25) is 0 Å². The van der Waals surface area contributed by atoms with Crippen LogP contribution in [0.3, 0.4) is 0 Å². The van der Waals surface area contributed by atoms with Gasteiger partial charge in [-0.25, -0.2) is 0 Å². The van der Waals surface area contributed by atoms with Crippen molar-refractivity contribution in [1.29, 1.82) is 0 Å². The zero-order valence-corrected chi connectivity index (χ0v) is 13.4. The molecule has 0 unspecified atom stereocenters. The second-order valence-corrected chi connectivity index (χ2v) is 5.72. The summed E-state index contributed by atoms with van der Waals surface area (Å²) in [5, 5.41) is 0.702. The lowest BCUT2D eigenvalue weighted by Gasteiger charge is -2.10. The van der Waals surface area contributed by atoms with E-state index in [0.717, 1.165) is 24.3 Å². The van der Waals surface area contributed by atoms with Crippen LogP contribution in [-0.4, -0.2) is 6.61 Å². The van der Waals surface area contributed by atoms with E-state index < -0.39 is 0 Å². The van der Waals surface area contributed by atoms with Crippen molar-refractivity contribution in [2.24, 2.45) is 5.73 Å². The molecule has 0 bridgehead atoms. The highest BCUT2D eigenvalue weighted by atomic mass is 35.5. The van der Waals surface area contributed by atoms with E-state index in [1.807, 2.05) is 18.2 Å². The lowest BCUT2D eigenvalue weighted by atomic mass is 10.1. The smallest absolute Gasteiger partial charge is 0.125 e. The predicted molar refractivity (Wildman–Crippen MR) is 87.4 cm³/mol. The second-order valence-electron chi connectivity index (χ2n) is 5.28. The van der Waals surface area contributed by atoms with Gasteiger partial charge in [0.05, 0.1) is 6.61 Å². The van der Waals surface area contributed by atoms with Crippen molar-refractivity contribution < 1.29 is 4.74 Å². The number of unbranched alkanes of at least 4 members (excludes halogenated alkanes) is 7. The summed E-state index contributed by atoms with van der Waals surface area (Å²) in [6.45, 7) is 3.50. The number of nitrogens with two attached hydrogens (primary N) is 1. The van der Waals surface area contributed by atoms with E-state index >= 15 is 0 Å². The van der Waals surface area contributed by atoms with E-state index in [1.54, 1.807) is 0 Å². The summed E-state index contributed by atoms with van der Waals surface area (Å²) >= 11 is 5.98. The quantitative estimate of drug-likeness (QED) is 0.561. The number of halogens is 1. The van der Waals surface area contributed by atoms with Crippen molar-refractivity contribution in [3.63, 3.8) is 0 Å². The van der Waals surface area contributed by atoms with Crippen LogP contribution in [-0.2, 0) is 6.54 Å². The number of ether oxygens (including phenoxy) is 1. The molecule has 0 spiro atoms. The Labute approximate surface area is 128 Å². The van der Waals surface area contributed by atoms with Crippen LogP contribution < -0.4 is 10.5 Å². The van der Waals surface area contributed by atoms with Gasteiger partial charge in [0.2, 0.25) is 0 Å². The molecule has 0 saturated carbocycles. The van der Waals surface area contributed by atoms with Crippen molar-refractivity contribution in [3.8, 4) is 5.75 Å². The lowest BCUT2D eigenvalue weighted by molar-refractivity contribution is 0.301. The molecule has 2 N–H and O–H groups in total. The standard InChI is InChI=1S/C17H28ClNO/c1-2-3-4-5-6-7-8-9-12-20-17-13-16(18)11-10-15(17)14-19/h10-11,13H,2-9,12,14,19H2,1H3. The van der Waals surface area contributed by atoms with Crippen molar-refractivity contribution in [2.45, 2.75) is 64.8 Å². The summed E-state index contributed by atoms with van der Waals surface area (Å²) in [5.41, 5.74) is 6.71. The van der Waals surface area contributed by atoms with Gasteiger partial charge in [-0.15, -0.1) is 0 Å². The normalized spacial score (nSPS) is 10.8. The minimum absolute atomic E-state index is 0.490. The molecule has 2 nitrogen and oxygen atoms in total. The van der Waals surface area contributed by atoms with Crippen molar-refractivity contribution in [1.82, 2.24) is 0 Å². The number of hydrogen-bond acceptors (Lipinski definition) is 2. The fourth-order valence-corrected chi connectivity index (χ4v) is 2.41. The Balaban J connectivity index is 2.10. The first-order valence-electron chi connectivity index (χ1n) is 7.89. The Bertz CT molecular complexity index is 368. The molecule has 0 aliphatic rings. The summed E-state index contributed by atoms with van der Waals surface area (Å²) in [7, 11) is 0. The molecule has 0 aromatic heterocycles. The van der Waals surface area contributed by atoms with Crippen molar-refractivity contribution in [2.75, 3.05) is 6.61 Å². The number of hydrogen-bond donors (Lipinski definition) is 1. The highest BCUT2D eigenvalue weighted by molar-refractivity contribution is 6.30.